The summed E-state index contributed by atoms with van der Waals surface area (Å²) in [6.07, 6.45) is 3.37. The fourth-order valence-corrected chi connectivity index (χ4v) is 4.04. The van der Waals surface area contributed by atoms with Crippen LogP contribution in [0.2, 0.25) is 0 Å². The third-order valence-electron chi connectivity index (χ3n) is 4.49. The largest absolute Gasteiger partial charge is 0.457 e. The summed E-state index contributed by atoms with van der Waals surface area (Å²) in [5.41, 5.74) is 0.520. The molecular formula is C20H24N2O4S. The molecule has 1 aliphatic rings. The van der Waals surface area contributed by atoms with E-state index in [9.17, 15) is 13.2 Å². The van der Waals surface area contributed by atoms with Gasteiger partial charge in [0.25, 0.3) is 0 Å². The number of hydrogen-bond donors (Lipinski definition) is 0. The number of nitrogens with zero attached hydrogens (tertiary/aromatic N) is 2. The van der Waals surface area contributed by atoms with E-state index in [4.69, 9.17) is 4.74 Å². The molecule has 0 saturated carbocycles. The van der Waals surface area contributed by atoms with Crippen LogP contribution in [0.15, 0.2) is 54.6 Å². The summed E-state index contributed by atoms with van der Waals surface area (Å²) in [6.45, 7) is 1.67. The number of hydrogen-bond acceptors (Lipinski definition) is 4. The molecule has 0 unspecified atom stereocenters. The molecule has 2 aromatic rings. The van der Waals surface area contributed by atoms with Crippen LogP contribution in [-0.2, 0) is 14.8 Å². The Bertz CT molecular complexity index is 861. The van der Waals surface area contributed by atoms with Crippen LogP contribution in [-0.4, -0.2) is 45.1 Å². The van der Waals surface area contributed by atoms with Gasteiger partial charge in [-0.05, 0) is 49.2 Å². The second-order valence-electron chi connectivity index (χ2n) is 6.58. The minimum Gasteiger partial charge on any atom is -0.457 e. The van der Waals surface area contributed by atoms with Gasteiger partial charge in [-0.2, -0.15) is 0 Å². The summed E-state index contributed by atoms with van der Waals surface area (Å²) in [5, 5.41) is 0. The lowest BCUT2D eigenvalue weighted by molar-refractivity contribution is -0.129. The van der Waals surface area contributed by atoms with Crippen molar-refractivity contribution in [1.82, 2.24) is 4.90 Å². The maximum absolute atomic E-state index is 12.2. The molecule has 3 rings (SSSR count). The molecule has 7 heteroatoms. The number of carbonyl (C=O) groups excluding carboxylic acids is 1. The van der Waals surface area contributed by atoms with Gasteiger partial charge >= 0.3 is 0 Å². The maximum atomic E-state index is 12.2. The molecule has 2 aromatic carbocycles. The van der Waals surface area contributed by atoms with Crippen LogP contribution in [0, 0.1) is 0 Å². The van der Waals surface area contributed by atoms with Crippen molar-refractivity contribution in [1.29, 1.82) is 0 Å². The molecular weight excluding hydrogens is 364 g/mol. The zero-order chi connectivity index (χ0) is 19.3. The zero-order valence-electron chi connectivity index (χ0n) is 15.4. The van der Waals surface area contributed by atoms with E-state index < -0.39 is 10.0 Å². The molecule has 144 valence electrons. The van der Waals surface area contributed by atoms with E-state index in [1.165, 1.54) is 4.31 Å². The lowest BCUT2D eigenvalue weighted by Crippen LogP contribution is -2.35. The molecule has 0 aliphatic carbocycles. The van der Waals surface area contributed by atoms with Crippen LogP contribution in [0.5, 0.6) is 11.5 Å². The van der Waals surface area contributed by atoms with Gasteiger partial charge in [0, 0.05) is 26.1 Å². The molecule has 0 atom stereocenters. The van der Waals surface area contributed by atoms with Gasteiger partial charge in [-0.1, -0.05) is 18.2 Å². The zero-order valence-corrected chi connectivity index (χ0v) is 16.2. The van der Waals surface area contributed by atoms with E-state index >= 15 is 0 Å². The topological polar surface area (TPSA) is 66.9 Å². The van der Waals surface area contributed by atoms with Crippen LogP contribution < -0.4 is 9.04 Å². The number of anilines is 1. The summed E-state index contributed by atoms with van der Waals surface area (Å²) < 4.78 is 31.4. The Balaban J connectivity index is 1.68. The first kappa shape index (κ1) is 19.2. The Morgan fingerprint density at radius 2 is 1.59 bits per heavy atom. The quantitative estimate of drug-likeness (QED) is 0.730. The van der Waals surface area contributed by atoms with Crippen LogP contribution in [0.25, 0.3) is 0 Å². The van der Waals surface area contributed by atoms with Crippen molar-refractivity contribution in [2.24, 2.45) is 0 Å². The van der Waals surface area contributed by atoms with Gasteiger partial charge in [0.15, 0.2) is 0 Å². The monoisotopic (exact) mass is 388 g/mol. The summed E-state index contributed by atoms with van der Waals surface area (Å²) >= 11 is 0. The van der Waals surface area contributed by atoms with Gasteiger partial charge in [-0.15, -0.1) is 0 Å². The SMILES string of the molecule is CS(=O)(=O)N(CCC(=O)N1CCCC1)c1ccc(Oc2ccccc2)cc1. The van der Waals surface area contributed by atoms with Crippen LogP contribution in [0.4, 0.5) is 5.69 Å². The van der Waals surface area contributed by atoms with Gasteiger partial charge < -0.3 is 9.64 Å². The van der Waals surface area contributed by atoms with Gasteiger partial charge in [-0.25, -0.2) is 8.42 Å². The smallest absolute Gasteiger partial charge is 0.232 e. The summed E-state index contributed by atoms with van der Waals surface area (Å²) in [6, 6.07) is 16.2. The summed E-state index contributed by atoms with van der Waals surface area (Å²) in [5.74, 6) is 1.33. The Kier molecular flexibility index (Phi) is 6.01. The van der Waals surface area contributed by atoms with Crippen molar-refractivity contribution in [2.45, 2.75) is 19.3 Å². The number of sulfonamides is 1. The first-order valence-electron chi connectivity index (χ1n) is 9.02. The number of benzene rings is 2. The number of amides is 1. The Morgan fingerprint density at radius 3 is 2.19 bits per heavy atom. The third-order valence-corrected chi connectivity index (χ3v) is 5.69. The predicted octanol–water partition coefficient (Wildman–Crippen LogP) is 3.26. The predicted molar refractivity (Wildman–Crippen MR) is 106 cm³/mol. The average molecular weight is 388 g/mol. The van der Waals surface area contributed by atoms with Gasteiger partial charge in [0.05, 0.1) is 11.9 Å². The van der Waals surface area contributed by atoms with Crippen LogP contribution in [0.1, 0.15) is 19.3 Å². The Morgan fingerprint density at radius 1 is 1.00 bits per heavy atom. The molecule has 27 heavy (non-hydrogen) atoms. The minimum atomic E-state index is -3.49. The van der Waals surface area contributed by atoms with Crippen molar-refractivity contribution < 1.29 is 17.9 Å². The summed E-state index contributed by atoms with van der Waals surface area (Å²) in [4.78, 5) is 14.1. The van der Waals surface area contributed by atoms with Crippen molar-refractivity contribution in [2.75, 3.05) is 30.2 Å². The third kappa shape index (κ3) is 5.23. The molecule has 1 fully saturated rings. The fourth-order valence-electron chi connectivity index (χ4n) is 3.11. The maximum Gasteiger partial charge on any atom is 0.232 e. The van der Waals surface area contributed by atoms with E-state index in [0.717, 1.165) is 32.2 Å². The molecule has 0 radical (unpaired) electrons. The van der Waals surface area contributed by atoms with E-state index in [1.54, 1.807) is 29.2 Å². The second kappa shape index (κ2) is 8.43. The number of ether oxygens (including phenoxy) is 1. The van der Waals surface area contributed by atoms with Crippen molar-refractivity contribution in [3.63, 3.8) is 0 Å². The summed E-state index contributed by atoms with van der Waals surface area (Å²) in [7, 11) is -3.49. The molecule has 0 N–H and O–H groups in total. The number of likely N-dealkylation sites (tertiary alicyclic amines) is 1. The molecule has 0 aromatic heterocycles. The van der Waals surface area contributed by atoms with Gasteiger partial charge in [-0.3, -0.25) is 9.10 Å². The van der Waals surface area contributed by atoms with Crippen molar-refractivity contribution >= 4 is 21.6 Å². The molecule has 1 aliphatic heterocycles. The van der Waals surface area contributed by atoms with Crippen LogP contribution in [0.3, 0.4) is 0 Å². The van der Waals surface area contributed by atoms with E-state index in [0.29, 0.717) is 17.2 Å². The standard InChI is InChI=1S/C20H24N2O4S/c1-27(24,25)22(16-13-20(23)21-14-5-6-15-21)17-9-11-19(12-10-17)26-18-7-3-2-4-8-18/h2-4,7-12H,5-6,13-16H2,1H3. The number of rotatable bonds is 7. The van der Waals surface area contributed by atoms with Crippen LogP contribution >= 0.6 is 0 Å². The first-order valence-corrected chi connectivity index (χ1v) is 10.9. The molecule has 1 heterocycles. The van der Waals surface area contributed by atoms with E-state index in [2.05, 4.69) is 0 Å². The fraction of sp³-hybridized carbons (Fsp3) is 0.350. The lowest BCUT2D eigenvalue weighted by atomic mass is 10.3. The minimum absolute atomic E-state index is 0.00480. The molecule has 1 saturated heterocycles. The normalized spacial score (nSPS) is 14.2. The van der Waals surface area contributed by atoms with E-state index in [1.807, 2.05) is 30.3 Å². The van der Waals surface area contributed by atoms with Crippen molar-refractivity contribution in [3.8, 4) is 11.5 Å². The number of para-hydroxylation sites is 1. The Labute approximate surface area is 160 Å². The van der Waals surface area contributed by atoms with E-state index in [-0.39, 0.29) is 18.9 Å². The lowest BCUT2D eigenvalue weighted by Gasteiger charge is -2.24. The first-order chi connectivity index (χ1) is 12.9. The number of carbonyl (C=O) groups is 1. The highest BCUT2D eigenvalue weighted by Crippen LogP contribution is 2.25. The van der Waals surface area contributed by atoms with Gasteiger partial charge in [0.2, 0.25) is 15.9 Å². The molecule has 0 bridgehead atoms. The average Bonchev–Trinajstić information content (AvgIpc) is 3.18. The molecule has 0 spiro atoms. The highest BCUT2D eigenvalue weighted by Gasteiger charge is 2.22. The molecule has 6 nitrogen and oxygen atoms in total. The highest BCUT2D eigenvalue weighted by molar-refractivity contribution is 7.92. The highest BCUT2D eigenvalue weighted by atomic mass is 32.2. The Hall–Kier alpha value is -2.54. The second-order valence-corrected chi connectivity index (χ2v) is 8.49. The van der Waals surface area contributed by atoms with Gasteiger partial charge in [0.1, 0.15) is 11.5 Å². The van der Waals surface area contributed by atoms with Crippen molar-refractivity contribution in [3.05, 3.63) is 54.6 Å². The molecule has 1 amide bonds.